The van der Waals surface area contributed by atoms with Gasteiger partial charge in [-0.3, -0.25) is 9.59 Å². The minimum atomic E-state index is -4.14. The van der Waals surface area contributed by atoms with Crippen LogP contribution in [0.1, 0.15) is 47.2 Å². The second-order valence-electron chi connectivity index (χ2n) is 12.2. The molecule has 3 aliphatic heterocycles. The lowest BCUT2D eigenvalue weighted by Crippen LogP contribution is -2.52. The zero-order valence-corrected chi connectivity index (χ0v) is 26.1. The molecule has 0 saturated carbocycles. The fourth-order valence-electron chi connectivity index (χ4n) is 6.24. The summed E-state index contributed by atoms with van der Waals surface area (Å²) in [5.41, 5.74) is 2.95. The Hall–Kier alpha value is -4.07. The summed E-state index contributed by atoms with van der Waals surface area (Å²) in [7, 11) is -4.14. The number of fused-ring (bicyclic) bond motifs is 4. The van der Waals surface area contributed by atoms with E-state index in [1.807, 2.05) is 36.9 Å². The molecule has 45 heavy (non-hydrogen) atoms. The van der Waals surface area contributed by atoms with Gasteiger partial charge in [0.15, 0.2) is 6.29 Å². The molecule has 3 aromatic rings. The van der Waals surface area contributed by atoms with E-state index in [0.29, 0.717) is 44.5 Å². The molecule has 0 aliphatic carbocycles. The Kier molecular flexibility index (Phi) is 8.51. The summed E-state index contributed by atoms with van der Waals surface area (Å²) < 4.78 is 40.9. The van der Waals surface area contributed by atoms with E-state index in [1.165, 1.54) is 18.2 Å². The number of benzene rings is 2. The van der Waals surface area contributed by atoms with E-state index in [-0.39, 0.29) is 53.9 Å². The molecule has 1 aromatic heterocycles. The number of aryl methyl sites for hydroxylation is 2. The van der Waals surface area contributed by atoms with Gasteiger partial charge >= 0.3 is 0 Å². The number of piperidine rings is 1. The van der Waals surface area contributed by atoms with Crippen molar-refractivity contribution in [3.63, 3.8) is 0 Å². The number of nitrogens with zero attached hydrogens (tertiary/aromatic N) is 3. The Morgan fingerprint density at radius 2 is 1.78 bits per heavy atom. The molecule has 2 aromatic carbocycles. The predicted molar refractivity (Wildman–Crippen MR) is 165 cm³/mol. The Balaban J connectivity index is 1.33. The molecule has 13 heteroatoms. The lowest BCUT2D eigenvalue weighted by Gasteiger charge is -2.42. The normalized spacial score (nSPS) is 22.8. The van der Waals surface area contributed by atoms with Crippen molar-refractivity contribution in [3.05, 3.63) is 65.2 Å². The van der Waals surface area contributed by atoms with Gasteiger partial charge in [0.2, 0.25) is 17.7 Å². The molecule has 1 spiro atoms. The van der Waals surface area contributed by atoms with Crippen LogP contribution in [0.2, 0.25) is 0 Å². The molecule has 6 rings (SSSR count). The number of ether oxygens (including phenoxy) is 2. The Labute approximate surface area is 262 Å². The number of aliphatic hydroxyl groups is 1. The number of aromatic nitrogens is 2. The number of sulfonamides is 1. The number of nitrogens with one attached hydrogen (secondary N) is 2. The molecule has 4 bridgehead atoms. The highest BCUT2D eigenvalue weighted by Crippen LogP contribution is 2.35. The third-order valence-electron chi connectivity index (χ3n) is 8.96. The summed E-state index contributed by atoms with van der Waals surface area (Å²) in [4.78, 5) is 37.2. The number of amides is 2. The van der Waals surface area contributed by atoms with E-state index in [1.54, 1.807) is 12.1 Å². The van der Waals surface area contributed by atoms with Gasteiger partial charge in [-0.25, -0.2) is 18.1 Å². The first-order valence-corrected chi connectivity index (χ1v) is 16.6. The molecular formula is C32H37N5O7S. The fourth-order valence-corrected chi connectivity index (χ4v) is 7.23. The van der Waals surface area contributed by atoms with Crippen molar-refractivity contribution in [3.8, 4) is 17.1 Å². The van der Waals surface area contributed by atoms with Gasteiger partial charge in [0.05, 0.1) is 29.7 Å². The first kappa shape index (κ1) is 30.9. The van der Waals surface area contributed by atoms with E-state index in [9.17, 15) is 23.1 Å². The minimum absolute atomic E-state index is 0.00498. The summed E-state index contributed by atoms with van der Waals surface area (Å²) in [5, 5.41) is 12.6. The van der Waals surface area contributed by atoms with Gasteiger partial charge in [-0.1, -0.05) is 24.3 Å². The van der Waals surface area contributed by atoms with Crippen LogP contribution in [0.25, 0.3) is 11.3 Å². The second kappa shape index (κ2) is 12.4. The minimum Gasteiger partial charge on any atom is -0.477 e. The average Bonchev–Trinajstić information content (AvgIpc) is 3.02. The monoisotopic (exact) mass is 635 g/mol. The smallest absolute Gasteiger partial charge is 0.264 e. The quantitative estimate of drug-likeness (QED) is 0.385. The van der Waals surface area contributed by atoms with Crippen LogP contribution in [-0.2, 0) is 19.6 Å². The van der Waals surface area contributed by atoms with Crippen molar-refractivity contribution >= 4 is 27.8 Å². The highest BCUT2D eigenvalue weighted by Gasteiger charge is 2.39. The molecule has 3 N–H and O–H groups in total. The van der Waals surface area contributed by atoms with Crippen LogP contribution >= 0.6 is 0 Å². The second-order valence-corrected chi connectivity index (χ2v) is 13.9. The van der Waals surface area contributed by atoms with Crippen molar-refractivity contribution in [2.24, 2.45) is 11.3 Å². The summed E-state index contributed by atoms with van der Waals surface area (Å²) in [6, 6.07) is 13.4. The molecule has 2 unspecified atom stereocenters. The van der Waals surface area contributed by atoms with E-state index >= 15 is 0 Å². The summed E-state index contributed by atoms with van der Waals surface area (Å²) in [6.07, 6.45) is 1.30. The molecule has 2 saturated heterocycles. The van der Waals surface area contributed by atoms with E-state index in [0.717, 1.165) is 16.7 Å². The maximum Gasteiger partial charge on any atom is 0.264 e. The maximum absolute atomic E-state index is 13.4. The molecule has 3 aliphatic rings. The molecule has 238 valence electrons. The third-order valence-corrected chi connectivity index (χ3v) is 10.3. The van der Waals surface area contributed by atoms with E-state index < -0.39 is 27.6 Å². The Morgan fingerprint density at radius 3 is 2.49 bits per heavy atom. The molecule has 4 heterocycles. The van der Waals surface area contributed by atoms with Crippen LogP contribution in [-0.4, -0.2) is 79.3 Å². The van der Waals surface area contributed by atoms with E-state index in [2.05, 4.69) is 20.0 Å². The van der Waals surface area contributed by atoms with Crippen molar-refractivity contribution < 1.29 is 32.6 Å². The fraction of sp³-hybridized carbons (Fsp3) is 0.438. The Bertz CT molecular complexity index is 1690. The molecule has 12 nitrogen and oxygen atoms in total. The number of carbonyl (C=O) groups excluding carboxylic acids is 2. The first-order valence-electron chi connectivity index (χ1n) is 15.1. The molecule has 0 radical (unpaired) electrons. The summed E-state index contributed by atoms with van der Waals surface area (Å²) >= 11 is 0. The number of rotatable bonds is 2. The largest absolute Gasteiger partial charge is 0.477 e. The number of anilines is 1. The first-order chi connectivity index (χ1) is 21.5. The Morgan fingerprint density at radius 1 is 1.04 bits per heavy atom. The van der Waals surface area contributed by atoms with Gasteiger partial charge in [0.25, 0.3) is 15.9 Å². The number of aliphatic hydroxyl groups excluding tert-OH is 1. The summed E-state index contributed by atoms with van der Waals surface area (Å²) in [5.74, 6) is -0.654. The van der Waals surface area contributed by atoms with Crippen LogP contribution in [0.15, 0.2) is 53.4 Å². The van der Waals surface area contributed by atoms with Gasteiger partial charge in [0.1, 0.15) is 0 Å². The molecular weight excluding hydrogens is 598 g/mol. The molecule has 2 fully saturated rings. The molecule has 2 atom stereocenters. The lowest BCUT2D eigenvalue weighted by atomic mass is 9.78. The van der Waals surface area contributed by atoms with Gasteiger partial charge in [0, 0.05) is 42.2 Å². The van der Waals surface area contributed by atoms with Crippen LogP contribution in [0, 0.1) is 25.2 Å². The van der Waals surface area contributed by atoms with Crippen molar-refractivity contribution in [1.82, 2.24) is 20.2 Å². The van der Waals surface area contributed by atoms with Crippen molar-refractivity contribution in [1.29, 1.82) is 0 Å². The van der Waals surface area contributed by atoms with Crippen LogP contribution in [0.4, 0.5) is 5.95 Å². The van der Waals surface area contributed by atoms with Crippen molar-refractivity contribution in [2.75, 3.05) is 37.6 Å². The van der Waals surface area contributed by atoms with Gasteiger partial charge in [-0.05, 0) is 68.9 Å². The predicted octanol–water partition coefficient (Wildman–Crippen LogP) is 3.04. The topological polar surface area (TPSA) is 160 Å². The zero-order valence-electron chi connectivity index (χ0n) is 25.3. The average molecular weight is 636 g/mol. The van der Waals surface area contributed by atoms with Gasteiger partial charge in [-0.2, -0.15) is 4.98 Å². The van der Waals surface area contributed by atoms with Gasteiger partial charge in [-0.15, -0.1) is 0 Å². The molecule has 2 amide bonds. The number of hydrogen-bond acceptors (Lipinski definition) is 9. The van der Waals surface area contributed by atoms with Gasteiger partial charge < -0.3 is 24.8 Å². The number of likely N-dealkylation sites (tertiary alicyclic amines) is 1. The summed E-state index contributed by atoms with van der Waals surface area (Å²) in [6.45, 7) is 5.47. The number of carbonyl (C=O) groups is 2. The SMILES string of the molecule is Cc1cccc(C)c1-c1cc2nc(n1)NS(=O)(=O)c1cccc(c1)C(=O)NCC1(CCN(C(=O)C3CCC(O)OC3)CC1)CO2. The van der Waals surface area contributed by atoms with Crippen molar-refractivity contribution in [2.45, 2.75) is 50.7 Å². The highest BCUT2D eigenvalue weighted by atomic mass is 32.2. The van der Waals surface area contributed by atoms with E-state index in [4.69, 9.17) is 9.47 Å². The third kappa shape index (κ3) is 6.65. The standard InChI is InChI=1S/C32H37N5O7S/c1-20-5-3-6-21(2)28(20)25-16-26-35-31(34-25)36-45(41,42)24-8-4-7-22(15-24)29(39)33-18-32(19-44-26)11-13-37(14-12-32)30(40)23-9-10-27(38)43-17-23/h3-8,15-16,23,27,38H,9-14,17-19H2,1-2H3,(H,33,39)(H,34,35,36). The highest BCUT2D eigenvalue weighted by molar-refractivity contribution is 7.92. The van der Waals surface area contributed by atoms with Crippen LogP contribution in [0.5, 0.6) is 5.88 Å². The van der Waals surface area contributed by atoms with Crippen LogP contribution in [0.3, 0.4) is 0 Å². The van der Waals surface area contributed by atoms with Crippen LogP contribution < -0.4 is 14.8 Å². The lowest BCUT2D eigenvalue weighted by molar-refractivity contribution is -0.162. The number of hydrogen-bond donors (Lipinski definition) is 3. The maximum atomic E-state index is 13.4. The zero-order chi connectivity index (χ0) is 31.8.